The summed E-state index contributed by atoms with van der Waals surface area (Å²) < 4.78 is 16.7. The molecule has 0 aromatic heterocycles. The summed E-state index contributed by atoms with van der Waals surface area (Å²) in [6.07, 6.45) is 3.10. The highest BCUT2D eigenvalue weighted by Crippen LogP contribution is 2.40. The van der Waals surface area contributed by atoms with Gasteiger partial charge in [0, 0.05) is 19.7 Å². The average Bonchev–Trinajstić information content (AvgIpc) is 3.31. The standard InChI is InChI=1S/C24H30N2O4/c1-28-21-13-18-10-11-26(16-23(27)25-15-19-9-6-12-30-19)24(17-7-4-3-5-8-17)20(18)14-22(21)29-2/h3-5,7-8,13-14,19,24H,6,9-12,15-16H2,1-2H3,(H,25,27)/t19-,24-/m1/s1. The Morgan fingerprint density at radius 1 is 1.17 bits per heavy atom. The summed E-state index contributed by atoms with van der Waals surface area (Å²) in [4.78, 5) is 15.0. The molecular weight excluding hydrogens is 380 g/mol. The SMILES string of the molecule is COc1cc2c(cc1OC)[C@@H](c1ccccc1)N(CC(=O)NC[C@H]1CCCO1)CC2. The second-order valence-electron chi connectivity index (χ2n) is 7.88. The molecule has 2 aliphatic rings. The van der Waals surface area contributed by atoms with E-state index in [9.17, 15) is 4.79 Å². The molecule has 2 atom stereocenters. The van der Waals surface area contributed by atoms with Crippen molar-refractivity contribution >= 4 is 5.91 Å². The molecule has 6 nitrogen and oxygen atoms in total. The van der Waals surface area contributed by atoms with Crippen LogP contribution >= 0.6 is 0 Å². The van der Waals surface area contributed by atoms with Gasteiger partial charge in [-0.15, -0.1) is 0 Å². The molecule has 1 N–H and O–H groups in total. The zero-order valence-electron chi connectivity index (χ0n) is 17.7. The third-order valence-electron chi connectivity index (χ3n) is 5.99. The van der Waals surface area contributed by atoms with Crippen LogP contribution in [0, 0.1) is 0 Å². The zero-order chi connectivity index (χ0) is 20.9. The van der Waals surface area contributed by atoms with Crippen LogP contribution in [0.15, 0.2) is 42.5 Å². The van der Waals surface area contributed by atoms with Crippen molar-refractivity contribution in [2.75, 3.05) is 40.5 Å². The van der Waals surface area contributed by atoms with Gasteiger partial charge in [-0.3, -0.25) is 9.69 Å². The van der Waals surface area contributed by atoms with Crippen molar-refractivity contribution in [3.05, 3.63) is 59.2 Å². The number of hydrogen-bond donors (Lipinski definition) is 1. The van der Waals surface area contributed by atoms with Crippen molar-refractivity contribution < 1.29 is 19.0 Å². The van der Waals surface area contributed by atoms with Gasteiger partial charge >= 0.3 is 0 Å². The Hall–Kier alpha value is -2.57. The Labute approximate surface area is 178 Å². The highest BCUT2D eigenvalue weighted by atomic mass is 16.5. The molecule has 0 radical (unpaired) electrons. The third kappa shape index (κ3) is 4.45. The molecule has 2 aliphatic heterocycles. The lowest BCUT2D eigenvalue weighted by molar-refractivity contribution is -0.123. The van der Waals surface area contributed by atoms with Gasteiger partial charge < -0.3 is 19.5 Å². The third-order valence-corrected chi connectivity index (χ3v) is 5.99. The van der Waals surface area contributed by atoms with Crippen molar-refractivity contribution in [2.45, 2.75) is 31.4 Å². The monoisotopic (exact) mass is 410 g/mol. The molecule has 1 saturated heterocycles. The van der Waals surface area contributed by atoms with E-state index in [0.717, 1.165) is 49.3 Å². The first-order valence-electron chi connectivity index (χ1n) is 10.6. The van der Waals surface area contributed by atoms with Crippen LogP contribution in [-0.2, 0) is 16.0 Å². The number of carbonyl (C=O) groups is 1. The Kier molecular flexibility index (Phi) is 6.55. The fourth-order valence-corrected chi connectivity index (χ4v) is 4.47. The van der Waals surface area contributed by atoms with Crippen molar-refractivity contribution in [3.63, 3.8) is 0 Å². The van der Waals surface area contributed by atoms with Crippen LogP contribution in [0.1, 0.15) is 35.6 Å². The fraction of sp³-hybridized carbons (Fsp3) is 0.458. The summed E-state index contributed by atoms with van der Waals surface area (Å²) >= 11 is 0. The number of hydrogen-bond acceptors (Lipinski definition) is 5. The minimum atomic E-state index is -0.0109. The molecule has 6 heteroatoms. The van der Waals surface area contributed by atoms with Crippen LogP contribution in [-0.4, -0.2) is 57.4 Å². The van der Waals surface area contributed by atoms with E-state index in [0.29, 0.717) is 18.8 Å². The minimum Gasteiger partial charge on any atom is -0.493 e. The normalized spacial score (nSPS) is 21.1. The van der Waals surface area contributed by atoms with Crippen LogP contribution in [0.3, 0.4) is 0 Å². The number of benzene rings is 2. The Morgan fingerprint density at radius 3 is 2.63 bits per heavy atom. The van der Waals surface area contributed by atoms with Crippen molar-refractivity contribution in [1.82, 2.24) is 10.2 Å². The maximum absolute atomic E-state index is 12.7. The van der Waals surface area contributed by atoms with Crippen LogP contribution < -0.4 is 14.8 Å². The lowest BCUT2D eigenvalue weighted by Crippen LogP contribution is -2.44. The summed E-state index contributed by atoms with van der Waals surface area (Å²) in [5.41, 5.74) is 3.56. The van der Waals surface area contributed by atoms with Gasteiger partial charge in [-0.25, -0.2) is 0 Å². The van der Waals surface area contributed by atoms with Gasteiger partial charge in [0.25, 0.3) is 0 Å². The van der Waals surface area contributed by atoms with E-state index in [1.165, 1.54) is 5.56 Å². The van der Waals surface area contributed by atoms with Crippen LogP contribution in [0.25, 0.3) is 0 Å². The Morgan fingerprint density at radius 2 is 1.93 bits per heavy atom. The molecule has 0 bridgehead atoms. The van der Waals surface area contributed by atoms with Gasteiger partial charge in [-0.05, 0) is 48.1 Å². The van der Waals surface area contributed by atoms with Gasteiger partial charge in [0.15, 0.2) is 11.5 Å². The molecule has 160 valence electrons. The van der Waals surface area contributed by atoms with E-state index < -0.39 is 0 Å². The molecule has 30 heavy (non-hydrogen) atoms. The topological polar surface area (TPSA) is 60.0 Å². The van der Waals surface area contributed by atoms with Gasteiger partial charge in [0.2, 0.25) is 5.91 Å². The first-order valence-corrected chi connectivity index (χ1v) is 10.6. The van der Waals surface area contributed by atoms with E-state index in [1.807, 2.05) is 18.2 Å². The second kappa shape index (κ2) is 9.49. The van der Waals surface area contributed by atoms with E-state index in [1.54, 1.807) is 14.2 Å². The minimum absolute atomic E-state index is 0.0109. The number of nitrogens with zero attached hydrogens (tertiary/aromatic N) is 1. The maximum Gasteiger partial charge on any atom is 0.234 e. The zero-order valence-corrected chi connectivity index (χ0v) is 17.7. The predicted molar refractivity (Wildman–Crippen MR) is 115 cm³/mol. The van der Waals surface area contributed by atoms with E-state index in [-0.39, 0.29) is 18.1 Å². The molecule has 0 unspecified atom stereocenters. The lowest BCUT2D eigenvalue weighted by atomic mass is 9.87. The first-order chi connectivity index (χ1) is 14.7. The van der Waals surface area contributed by atoms with E-state index in [2.05, 4.69) is 34.5 Å². The molecule has 2 aromatic carbocycles. The predicted octanol–water partition coefficient (Wildman–Crippen LogP) is 2.95. The molecule has 1 fully saturated rings. The number of nitrogens with one attached hydrogen (secondary N) is 1. The Bertz CT molecular complexity index is 865. The largest absolute Gasteiger partial charge is 0.493 e. The van der Waals surface area contributed by atoms with Gasteiger partial charge in [0.1, 0.15) is 0 Å². The molecule has 4 rings (SSSR count). The summed E-state index contributed by atoms with van der Waals surface area (Å²) in [5, 5.41) is 3.06. The van der Waals surface area contributed by atoms with Gasteiger partial charge in [-0.2, -0.15) is 0 Å². The fourth-order valence-electron chi connectivity index (χ4n) is 4.47. The molecule has 1 amide bonds. The quantitative estimate of drug-likeness (QED) is 0.761. The van der Waals surface area contributed by atoms with Crippen LogP contribution in [0.2, 0.25) is 0 Å². The molecule has 2 aromatic rings. The number of fused-ring (bicyclic) bond motifs is 1. The number of amides is 1. The van der Waals surface area contributed by atoms with Crippen molar-refractivity contribution in [2.24, 2.45) is 0 Å². The van der Waals surface area contributed by atoms with Crippen molar-refractivity contribution in [3.8, 4) is 11.5 Å². The van der Waals surface area contributed by atoms with Gasteiger partial charge in [-0.1, -0.05) is 30.3 Å². The number of ether oxygens (including phenoxy) is 3. The van der Waals surface area contributed by atoms with Crippen molar-refractivity contribution in [1.29, 1.82) is 0 Å². The molecule has 2 heterocycles. The highest BCUT2D eigenvalue weighted by molar-refractivity contribution is 5.78. The summed E-state index contributed by atoms with van der Waals surface area (Å²) in [6, 6.07) is 14.5. The number of rotatable bonds is 7. The molecule has 0 aliphatic carbocycles. The summed E-state index contributed by atoms with van der Waals surface area (Å²) in [7, 11) is 3.31. The van der Waals surface area contributed by atoms with E-state index in [4.69, 9.17) is 14.2 Å². The first kappa shape index (κ1) is 20.7. The number of methoxy groups -OCH3 is 2. The highest BCUT2D eigenvalue weighted by Gasteiger charge is 2.31. The summed E-state index contributed by atoms with van der Waals surface area (Å²) in [6.45, 7) is 2.53. The molecule has 0 spiro atoms. The van der Waals surface area contributed by atoms with Gasteiger partial charge in [0.05, 0.1) is 32.9 Å². The van der Waals surface area contributed by atoms with Crippen LogP contribution in [0.5, 0.6) is 11.5 Å². The summed E-state index contributed by atoms with van der Waals surface area (Å²) in [5.74, 6) is 1.49. The number of carbonyl (C=O) groups excluding carboxylic acids is 1. The second-order valence-corrected chi connectivity index (χ2v) is 7.88. The van der Waals surface area contributed by atoms with E-state index >= 15 is 0 Å². The Balaban J connectivity index is 1.58. The molecule has 0 saturated carbocycles. The lowest BCUT2D eigenvalue weighted by Gasteiger charge is -2.37. The molecular formula is C24H30N2O4. The smallest absolute Gasteiger partial charge is 0.234 e. The van der Waals surface area contributed by atoms with Crippen LogP contribution in [0.4, 0.5) is 0 Å². The maximum atomic E-state index is 12.7. The average molecular weight is 411 g/mol.